The molecule has 216 valence electrons. The molecule has 1 atom stereocenters. The zero-order chi connectivity index (χ0) is 26.2. The number of ether oxygens (including phenoxy) is 1. The van der Waals surface area contributed by atoms with Gasteiger partial charge in [-0.1, -0.05) is 25.6 Å². The van der Waals surface area contributed by atoms with Gasteiger partial charge in [0.25, 0.3) is 0 Å². The van der Waals surface area contributed by atoms with Crippen molar-refractivity contribution in [2.75, 3.05) is 62.7 Å². The average Bonchev–Trinajstić information content (AvgIpc) is 3.59. The van der Waals surface area contributed by atoms with Gasteiger partial charge in [-0.3, -0.25) is 9.89 Å². The molecule has 3 aromatic rings. The SMILES string of the molecule is C.C=CC(=O)N1CCN(c2nc(OC[C@@H]3CCCN3C)nc3c2CCN(c2c(Cl)ccc4[nH]ncc24)C3)CC1.S. The van der Waals surface area contributed by atoms with Crippen molar-refractivity contribution in [1.29, 1.82) is 0 Å². The molecule has 12 heteroatoms. The van der Waals surface area contributed by atoms with Crippen LogP contribution in [0.5, 0.6) is 6.01 Å². The molecule has 6 rings (SSSR count). The molecule has 1 amide bonds. The minimum atomic E-state index is -0.0278. The van der Waals surface area contributed by atoms with Crippen molar-refractivity contribution in [3.05, 3.63) is 47.3 Å². The summed E-state index contributed by atoms with van der Waals surface area (Å²) in [5.41, 5.74) is 4.02. The van der Waals surface area contributed by atoms with E-state index in [0.29, 0.717) is 56.4 Å². The van der Waals surface area contributed by atoms with E-state index in [2.05, 4.69) is 38.5 Å². The van der Waals surface area contributed by atoms with Crippen molar-refractivity contribution in [2.24, 2.45) is 0 Å². The van der Waals surface area contributed by atoms with Crippen LogP contribution in [0.25, 0.3) is 10.9 Å². The summed E-state index contributed by atoms with van der Waals surface area (Å²) in [5, 5.41) is 8.96. The van der Waals surface area contributed by atoms with E-state index in [1.165, 1.54) is 12.5 Å². The van der Waals surface area contributed by atoms with E-state index in [0.717, 1.165) is 59.6 Å². The molecule has 2 aromatic heterocycles. The molecule has 0 saturated carbocycles. The summed E-state index contributed by atoms with van der Waals surface area (Å²) < 4.78 is 6.23. The second-order valence-corrected chi connectivity index (χ2v) is 10.7. The van der Waals surface area contributed by atoms with E-state index < -0.39 is 0 Å². The topological polar surface area (TPSA) is 93.7 Å². The van der Waals surface area contributed by atoms with Gasteiger partial charge >= 0.3 is 6.01 Å². The highest BCUT2D eigenvalue weighted by molar-refractivity contribution is 7.59. The maximum Gasteiger partial charge on any atom is 0.318 e. The molecule has 1 aromatic carbocycles. The maximum absolute atomic E-state index is 12.1. The van der Waals surface area contributed by atoms with Gasteiger partial charge in [0.2, 0.25) is 5.91 Å². The molecule has 5 heterocycles. The highest BCUT2D eigenvalue weighted by Gasteiger charge is 2.30. The Balaban J connectivity index is 0.00000185. The molecule has 3 aliphatic rings. The predicted molar refractivity (Wildman–Crippen MR) is 165 cm³/mol. The number of likely N-dealkylation sites (tertiary alicyclic amines) is 1. The zero-order valence-corrected chi connectivity index (χ0v) is 24.0. The van der Waals surface area contributed by atoms with Crippen molar-refractivity contribution in [2.45, 2.75) is 39.3 Å². The third kappa shape index (κ3) is 5.73. The Labute approximate surface area is 247 Å². The second-order valence-electron chi connectivity index (χ2n) is 10.3. The number of H-pyrrole nitrogens is 1. The number of aromatic nitrogens is 4. The van der Waals surface area contributed by atoms with Gasteiger partial charge in [-0.2, -0.15) is 28.6 Å². The number of anilines is 2. The fourth-order valence-corrected chi connectivity index (χ4v) is 6.12. The summed E-state index contributed by atoms with van der Waals surface area (Å²) in [7, 11) is 2.14. The summed E-state index contributed by atoms with van der Waals surface area (Å²) >= 11 is 6.70. The number of carbonyl (C=O) groups is 1. The Hall–Kier alpha value is -3.02. The number of hydrogen-bond acceptors (Lipinski definition) is 8. The molecular weight excluding hydrogens is 548 g/mol. The van der Waals surface area contributed by atoms with Crippen LogP contribution in [0.3, 0.4) is 0 Å². The normalized spacial score (nSPS) is 19.1. The van der Waals surface area contributed by atoms with Gasteiger partial charge in [0.1, 0.15) is 12.4 Å². The lowest BCUT2D eigenvalue weighted by atomic mass is 10.0. The summed E-state index contributed by atoms with van der Waals surface area (Å²) in [6, 6.07) is 4.66. The second kappa shape index (κ2) is 12.7. The summed E-state index contributed by atoms with van der Waals surface area (Å²) in [4.78, 5) is 30.7. The molecule has 10 nitrogen and oxygen atoms in total. The molecule has 3 aliphatic heterocycles. The van der Waals surface area contributed by atoms with E-state index in [4.69, 9.17) is 26.3 Å². The number of halogens is 1. The Bertz CT molecular complexity index is 1360. The minimum absolute atomic E-state index is 0. The number of likely N-dealkylation sites (N-methyl/N-ethyl adjacent to an activating group) is 1. The number of nitrogens with zero attached hydrogens (tertiary/aromatic N) is 7. The Morgan fingerprint density at radius 3 is 2.70 bits per heavy atom. The first kappa shape index (κ1) is 30.0. The van der Waals surface area contributed by atoms with Gasteiger partial charge in [-0.15, -0.1) is 0 Å². The first-order chi connectivity index (χ1) is 18.5. The molecular formula is C28H39ClN8O2S. The minimum Gasteiger partial charge on any atom is -0.462 e. The fourth-order valence-electron chi connectivity index (χ4n) is 5.83. The van der Waals surface area contributed by atoms with Crippen LogP contribution >= 0.6 is 25.1 Å². The number of nitrogens with one attached hydrogen (secondary N) is 1. The standard InChI is InChI=1S/C27H33ClN8O2.CH4.H2S/c1-3-24(37)34-11-13-35(14-12-34)26-19-8-10-36(25-20-15-29-32-22(20)7-6-21(25)28)16-23(19)30-27(31-26)38-17-18-5-4-9-33(18)2;;/h3,6-7,15,18H,1,4-5,8-14,16-17H2,2H3,(H,29,32);1H4;1H2/t18-;;/m0../s1. The van der Waals surface area contributed by atoms with E-state index in [1.807, 2.05) is 23.2 Å². The quantitative estimate of drug-likeness (QED) is 0.438. The van der Waals surface area contributed by atoms with Crippen LogP contribution in [-0.4, -0.2) is 94.8 Å². The Morgan fingerprint density at radius 2 is 1.98 bits per heavy atom. The van der Waals surface area contributed by atoms with Crippen LogP contribution in [0, 0.1) is 0 Å². The molecule has 2 saturated heterocycles. The molecule has 0 aliphatic carbocycles. The number of aromatic amines is 1. The van der Waals surface area contributed by atoms with E-state index >= 15 is 0 Å². The number of fused-ring (bicyclic) bond motifs is 2. The number of piperazine rings is 1. The monoisotopic (exact) mass is 586 g/mol. The van der Waals surface area contributed by atoms with Gasteiger partial charge in [-0.05, 0) is 51.1 Å². The lowest BCUT2D eigenvalue weighted by molar-refractivity contribution is -0.126. The smallest absolute Gasteiger partial charge is 0.318 e. The number of rotatable bonds is 6. The Morgan fingerprint density at radius 1 is 1.18 bits per heavy atom. The van der Waals surface area contributed by atoms with Crippen molar-refractivity contribution in [3.8, 4) is 6.01 Å². The van der Waals surface area contributed by atoms with E-state index in [-0.39, 0.29) is 26.8 Å². The van der Waals surface area contributed by atoms with Crippen LogP contribution in [0.15, 0.2) is 31.0 Å². The number of amides is 1. The third-order valence-corrected chi connectivity index (χ3v) is 8.33. The zero-order valence-electron chi connectivity index (χ0n) is 22.2. The van der Waals surface area contributed by atoms with Gasteiger partial charge in [0.15, 0.2) is 0 Å². The first-order valence-corrected chi connectivity index (χ1v) is 13.6. The summed E-state index contributed by atoms with van der Waals surface area (Å²) in [5.74, 6) is 0.891. The van der Waals surface area contributed by atoms with E-state index in [1.54, 1.807) is 0 Å². The van der Waals surface area contributed by atoms with E-state index in [9.17, 15) is 4.79 Å². The predicted octanol–water partition coefficient (Wildman–Crippen LogP) is 3.63. The average molecular weight is 587 g/mol. The number of hydrogen-bond donors (Lipinski definition) is 1. The molecule has 0 unspecified atom stereocenters. The maximum atomic E-state index is 12.1. The highest BCUT2D eigenvalue weighted by atomic mass is 35.5. The molecule has 0 bridgehead atoms. The van der Waals surface area contributed by atoms with Crippen LogP contribution in [0.2, 0.25) is 5.02 Å². The lowest BCUT2D eigenvalue weighted by Gasteiger charge is -2.38. The molecule has 0 radical (unpaired) electrons. The first-order valence-electron chi connectivity index (χ1n) is 13.3. The van der Waals surface area contributed by atoms with Gasteiger partial charge in [0, 0.05) is 49.7 Å². The number of carbonyl (C=O) groups excluding carboxylic acids is 1. The highest BCUT2D eigenvalue weighted by Crippen LogP contribution is 2.38. The molecule has 40 heavy (non-hydrogen) atoms. The van der Waals surface area contributed by atoms with Crippen molar-refractivity contribution < 1.29 is 9.53 Å². The molecule has 0 spiro atoms. The van der Waals surface area contributed by atoms with Crippen LogP contribution in [0.4, 0.5) is 11.5 Å². The third-order valence-electron chi connectivity index (χ3n) is 8.03. The van der Waals surface area contributed by atoms with Crippen molar-refractivity contribution in [3.63, 3.8) is 0 Å². The molecule has 2 fully saturated rings. The van der Waals surface area contributed by atoms with Gasteiger partial charge in [-0.25, -0.2) is 0 Å². The van der Waals surface area contributed by atoms with Gasteiger partial charge in [0.05, 0.1) is 34.7 Å². The molecule has 1 N–H and O–H groups in total. The van der Waals surface area contributed by atoms with Crippen molar-refractivity contribution in [1.82, 2.24) is 30.0 Å². The Kier molecular flexibility index (Phi) is 9.48. The fraction of sp³-hybridized carbons (Fsp3) is 0.500. The number of benzene rings is 1. The van der Waals surface area contributed by atoms with Gasteiger partial charge < -0.3 is 24.3 Å². The summed E-state index contributed by atoms with van der Waals surface area (Å²) in [6.45, 7) is 9.36. The largest absolute Gasteiger partial charge is 0.462 e. The lowest BCUT2D eigenvalue weighted by Crippen LogP contribution is -2.49. The summed E-state index contributed by atoms with van der Waals surface area (Å²) in [6.07, 6.45) is 6.30. The van der Waals surface area contributed by atoms with Crippen molar-refractivity contribution >= 4 is 53.4 Å². The van der Waals surface area contributed by atoms with Crippen LogP contribution in [0.1, 0.15) is 31.5 Å². The van der Waals surface area contributed by atoms with Crippen LogP contribution in [-0.2, 0) is 17.8 Å². The van der Waals surface area contributed by atoms with Crippen LogP contribution < -0.4 is 14.5 Å².